The highest BCUT2D eigenvalue weighted by Crippen LogP contribution is 2.18. The van der Waals surface area contributed by atoms with E-state index in [9.17, 15) is 4.79 Å². The Hall–Kier alpha value is -0.190. The summed E-state index contributed by atoms with van der Waals surface area (Å²) in [4.78, 5) is 12.7. The monoisotopic (exact) mass is 221 g/mol. The maximum atomic E-state index is 10.8. The van der Waals surface area contributed by atoms with Crippen molar-refractivity contribution >= 4 is 29.3 Å². The van der Waals surface area contributed by atoms with Crippen molar-refractivity contribution in [2.24, 2.45) is 0 Å². The van der Waals surface area contributed by atoms with Crippen molar-refractivity contribution in [1.82, 2.24) is 4.90 Å². The molecule has 74 valence electrons. The molecule has 13 heavy (non-hydrogen) atoms. The summed E-state index contributed by atoms with van der Waals surface area (Å²) in [5.41, 5.74) is 0. The molecule has 0 aromatic heterocycles. The van der Waals surface area contributed by atoms with Gasteiger partial charge in [-0.3, -0.25) is 9.69 Å². The summed E-state index contributed by atoms with van der Waals surface area (Å²) in [6.45, 7) is 4.81. The number of hydrogen-bond donors (Lipinski definition) is 1. The number of carbonyl (C=O) groups is 1. The lowest BCUT2D eigenvalue weighted by Crippen LogP contribution is -2.47. The minimum Gasteiger partial charge on any atom is -0.480 e. The maximum absolute atomic E-state index is 10.8. The molecule has 1 heterocycles. The fourth-order valence-electron chi connectivity index (χ4n) is 1.28. The lowest BCUT2D eigenvalue weighted by atomic mass is 10.2. The van der Waals surface area contributed by atoms with Crippen LogP contribution in [0.3, 0.4) is 0 Å². The van der Waals surface area contributed by atoms with Gasteiger partial charge in [-0.25, -0.2) is 0 Å². The van der Waals surface area contributed by atoms with Gasteiger partial charge < -0.3 is 5.11 Å². The molecular formula is C8H12ClNO2S. The largest absolute Gasteiger partial charge is 0.480 e. The standard InChI is InChI=1S/C8H12ClNO2S/c1-6(9)4-10-2-3-13-5-7(10)8(11)12/h7H,1-5H2,(H,11,12). The lowest BCUT2D eigenvalue weighted by molar-refractivity contribution is -0.142. The van der Waals surface area contributed by atoms with Crippen LogP contribution in [0.2, 0.25) is 0 Å². The highest BCUT2D eigenvalue weighted by atomic mass is 35.5. The number of carboxylic acid groups (broad SMARTS) is 1. The van der Waals surface area contributed by atoms with Crippen molar-refractivity contribution in [1.29, 1.82) is 0 Å². The van der Waals surface area contributed by atoms with Crippen LogP contribution in [-0.2, 0) is 4.79 Å². The van der Waals surface area contributed by atoms with Crippen LogP contribution in [0.5, 0.6) is 0 Å². The summed E-state index contributed by atoms with van der Waals surface area (Å²) in [6.07, 6.45) is 0. The summed E-state index contributed by atoms with van der Waals surface area (Å²) in [7, 11) is 0. The van der Waals surface area contributed by atoms with Crippen LogP contribution in [0, 0.1) is 0 Å². The van der Waals surface area contributed by atoms with Crippen molar-refractivity contribution in [3.63, 3.8) is 0 Å². The van der Waals surface area contributed by atoms with E-state index in [1.165, 1.54) is 0 Å². The van der Waals surface area contributed by atoms with E-state index in [1.807, 2.05) is 4.90 Å². The molecule has 1 aliphatic rings. The van der Waals surface area contributed by atoms with Crippen LogP contribution in [0.25, 0.3) is 0 Å². The third-order valence-electron chi connectivity index (χ3n) is 1.90. The van der Waals surface area contributed by atoms with Gasteiger partial charge in [-0.1, -0.05) is 18.2 Å². The number of rotatable bonds is 3. The van der Waals surface area contributed by atoms with Gasteiger partial charge in [0.05, 0.1) is 0 Å². The van der Waals surface area contributed by atoms with Crippen LogP contribution in [0.15, 0.2) is 11.6 Å². The Morgan fingerprint density at radius 3 is 3.00 bits per heavy atom. The van der Waals surface area contributed by atoms with Crippen molar-refractivity contribution in [2.45, 2.75) is 6.04 Å². The first-order valence-electron chi connectivity index (χ1n) is 3.99. The van der Waals surface area contributed by atoms with Crippen molar-refractivity contribution < 1.29 is 9.90 Å². The second-order valence-electron chi connectivity index (χ2n) is 2.92. The molecule has 3 nitrogen and oxygen atoms in total. The van der Waals surface area contributed by atoms with Gasteiger partial charge in [0.2, 0.25) is 0 Å². The Labute approximate surface area is 86.7 Å². The molecule has 5 heteroatoms. The van der Waals surface area contributed by atoms with Gasteiger partial charge in [0.1, 0.15) is 6.04 Å². The fraction of sp³-hybridized carbons (Fsp3) is 0.625. The van der Waals surface area contributed by atoms with Gasteiger partial charge in [0, 0.05) is 29.6 Å². The number of carboxylic acids is 1. The minimum absolute atomic E-state index is 0.408. The van der Waals surface area contributed by atoms with E-state index in [-0.39, 0.29) is 0 Å². The van der Waals surface area contributed by atoms with E-state index >= 15 is 0 Å². The first kappa shape index (κ1) is 10.9. The predicted molar refractivity (Wildman–Crippen MR) is 55.3 cm³/mol. The van der Waals surface area contributed by atoms with Gasteiger partial charge in [0.15, 0.2) is 0 Å². The molecule has 0 aromatic rings. The average molecular weight is 222 g/mol. The zero-order valence-corrected chi connectivity index (χ0v) is 8.77. The normalized spacial score (nSPS) is 24.2. The van der Waals surface area contributed by atoms with Crippen LogP contribution in [0.4, 0.5) is 0 Å². The highest BCUT2D eigenvalue weighted by molar-refractivity contribution is 7.99. The average Bonchev–Trinajstić information content (AvgIpc) is 2.03. The third-order valence-corrected chi connectivity index (χ3v) is 3.04. The molecule has 1 saturated heterocycles. The number of aliphatic carboxylic acids is 1. The zero-order valence-electron chi connectivity index (χ0n) is 7.20. The molecule has 0 aromatic carbocycles. The minimum atomic E-state index is -0.773. The highest BCUT2D eigenvalue weighted by Gasteiger charge is 2.28. The van der Waals surface area contributed by atoms with Gasteiger partial charge >= 0.3 is 5.97 Å². The number of halogens is 1. The molecule has 1 aliphatic heterocycles. The van der Waals surface area contributed by atoms with Crippen LogP contribution < -0.4 is 0 Å². The second kappa shape index (κ2) is 4.88. The molecule has 0 bridgehead atoms. The first-order valence-corrected chi connectivity index (χ1v) is 5.52. The van der Waals surface area contributed by atoms with Crippen molar-refractivity contribution in [2.75, 3.05) is 24.6 Å². The smallest absolute Gasteiger partial charge is 0.321 e. The SMILES string of the molecule is C=C(Cl)CN1CCSCC1C(=O)O. The Bertz CT molecular complexity index is 222. The van der Waals surface area contributed by atoms with Gasteiger partial charge in [-0.15, -0.1) is 0 Å². The van der Waals surface area contributed by atoms with E-state index < -0.39 is 12.0 Å². The van der Waals surface area contributed by atoms with E-state index in [2.05, 4.69) is 6.58 Å². The van der Waals surface area contributed by atoms with E-state index in [0.29, 0.717) is 17.3 Å². The molecule has 0 radical (unpaired) electrons. The summed E-state index contributed by atoms with van der Waals surface area (Å²) in [6, 6.07) is -0.408. The van der Waals surface area contributed by atoms with Crippen LogP contribution >= 0.6 is 23.4 Å². The second-order valence-corrected chi connectivity index (χ2v) is 4.60. The molecular weight excluding hydrogens is 210 g/mol. The third kappa shape index (κ3) is 3.21. The Kier molecular flexibility index (Phi) is 4.09. The Morgan fingerprint density at radius 2 is 2.46 bits per heavy atom. The maximum Gasteiger partial charge on any atom is 0.321 e. The summed E-state index contributed by atoms with van der Waals surface area (Å²) in [5.74, 6) is 0.832. The number of nitrogens with zero attached hydrogens (tertiary/aromatic N) is 1. The van der Waals surface area contributed by atoms with E-state index in [1.54, 1.807) is 11.8 Å². The Morgan fingerprint density at radius 1 is 1.77 bits per heavy atom. The zero-order chi connectivity index (χ0) is 9.84. The van der Waals surface area contributed by atoms with Crippen molar-refractivity contribution in [3.05, 3.63) is 11.6 Å². The molecule has 0 aliphatic carbocycles. The van der Waals surface area contributed by atoms with Gasteiger partial charge in [-0.05, 0) is 0 Å². The van der Waals surface area contributed by atoms with Gasteiger partial charge in [0.25, 0.3) is 0 Å². The predicted octanol–water partition coefficient (Wildman–Crippen LogP) is 1.24. The molecule has 1 atom stereocenters. The summed E-state index contributed by atoms with van der Waals surface area (Å²) < 4.78 is 0. The molecule has 1 fully saturated rings. The Balaban J connectivity index is 2.56. The summed E-state index contributed by atoms with van der Waals surface area (Å²) >= 11 is 7.31. The molecule has 0 amide bonds. The molecule has 0 spiro atoms. The van der Waals surface area contributed by atoms with Gasteiger partial charge in [-0.2, -0.15) is 11.8 Å². The molecule has 1 rings (SSSR count). The van der Waals surface area contributed by atoms with Crippen LogP contribution in [0.1, 0.15) is 0 Å². The molecule has 1 N–H and O–H groups in total. The lowest BCUT2D eigenvalue weighted by Gasteiger charge is -2.31. The fourth-order valence-corrected chi connectivity index (χ4v) is 2.54. The number of hydrogen-bond acceptors (Lipinski definition) is 3. The number of thioether (sulfide) groups is 1. The van der Waals surface area contributed by atoms with E-state index in [4.69, 9.17) is 16.7 Å². The van der Waals surface area contributed by atoms with Crippen molar-refractivity contribution in [3.8, 4) is 0 Å². The van der Waals surface area contributed by atoms with E-state index in [0.717, 1.165) is 12.3 Å². The molecule has 1 unspecified atom stereocenters. The first-order chi connectivity index (χ1) is 6.11. The van der Waals surface area contributed by atoms with Crippen LogP contribution in [-0.4, -0.2) is 46.6 Å². The topological polar surface area (TPSA) is 40.5 Å². The summed E-state index contributed by atoms with van der Waals surface area (Å²) in [5, 5.41) is 9.39. The quantitative estimate of drug-likeness (QED) is 0.779. The molecule has 0 saturated carbocycles.